The second-order valence-corrected chi connectivity index (χ2v) is 3.70. The van der Waals surface area contributed by atoms with E-state index in [4.69, 9.17) is 0 Å². The Balaban J connectivity index is 2.45. The van der Waals surface area contributed by atoms with E-state index < -0.39 is 0 Å². The van der Waals surface area contributed by atoms with E-state index in [0.29, 0.717) is 0 Å². The Morgan fingerprint density at radius 2 is 1.81 bits per heavy atom. The number of hydrogen-bond acceptors (Lipinski definition) is 3. The lowest BCUT2D eigenvalue weighted by atomic mass is 10.2. The number of allylic oxidation sites excluding steroid dienone is 1. The summed E-state index contributed by atoms with van der Waals surface area (Å²) in [7, 11) is 0. The Hall–Kier alpha value is -1.49. The standard InChI is InChI=1S/C12H15N2O2/c15-9-12(10-16)14(8-4-7-13-14)11-5-2-1-3-6-11/h1-8,12,15-16H,9-10H2/q+1. The summed E-state index contributed by atoms with van der Waals surface area (Å²) >= 11 is 0. The molecule has 84 valence electrons. The molecule has 1 aromatic carbocycles. The monoisotopic (exact) mass is 219 g/mol. The van der Waals surface area contributed by atoms with Crippen molar-refractivity contribution in [2.45, 2.75) is 6.04 Å². The molecule has 2 rings (SSSR count). The third kappa shape index (κ3) is 1.67. The van der Waals surface area contributed by atoms with Gasteiger partial charge in [-0.1, -0.05) is 23.3 Å². The normalized spacial score (nSPS) is 23.2. The van der Waals surface area contributed by atoms with Crippen LogP contribution in [0.25, 0.3) is 0 Å². The molecule has 4 nitrogen and oxygen atoms in total. The van der Waals surface area contributed by atoms with E-state index in [0.717, 1.165) is 5.69 Å². The van der Waals surface area contributed by atoms with Gasteiger partial charge in [0.15, 0.2) is 11.7 Å². The van der Waals surface area contributed by atoms with Crippen LogP contribution in [0.1, 0.15) is 0 Å². The predicted molar refractivity (Wildman–Crippen MR) is 63.8 cm³/mol. The van der Waals surface area contributed by atoms with E-state index in [9.17, 15) is 10.2 Å². The molecule has 2 N–H and O–H groups in total. The predicted octanol–water partition coefficient (Wildman–Crippen LogP) is 0.860. The molecule has 1 aliphatic heterocycles. The highest BCUT2D eigenvalue weighted by Gasteiger charge is 2.39. The molecule has 0 saturated heterocycles. The largest absolute Gasteiger partial charge is 0.390 e. The summed E-state index contributed by atoms with van der Waals surface area (Å²) < 4.78 is 0.133. The van der Waals surface area contributed by atoms with Gasteiger partial charge in [-0.2, -0.15) is 0 Å². The maximum atomic E-state index is 9.33. The van der Waals surface area contributed by atoms with Crippen LogP contribution in [0, 0.1) is 0 Å². The molecule has 0 bridgehead atoms. The van der Waals surface area contributed by atoms with Gasteiger partial charge in [-0.15, -0.1) is 4.59 Å². The lowest BCUT2D eigenvalue weighted by molar-refractivity contribution is 0.111. The van der Waals surface area contributed by atoms with E-state index in [1.165, 1.54) is 0 Å². The summed E-state index contributed by atoms with van der Waals surface area (Å²) in [6.07, 6.45) is 5.38. The number of hydrogen-bond donors (Lipinski definition) is 2. The number of benzene rings is 1. The molecule has 1 atom stereocenters. The van der Waals surface area contributed by atoms with Crippen LogP contribution in [0.4, 0.5) is 5.69 Å². The van der Waals surface area contributed by atoms with Gasteiger partial charge in [0, 0.05) is 18.2 Å². The van der Waals surface area contributed by atoms with Crippen LogP contribution in [0.5, 0.6) is 0 Å². The van der Waals surface area contributed by atoms with Gasteiger partial charge < -0.3 is 10.2 Å². The molecule has 0 aromatic heterocycles. The van der Waals surface area contributed by atoms with Crippen molar-refractivity contribution in [2.75, 3.05) is 13.2 Å². The van der Waals surface area contributed by atoms with Crippen LogP contribution >= 0.6 is 0 Å². The molecule has 1 aliphatic rings. The van der Waals surface area contributed by atoms with Gasteiger partial charge in [-0.25, -0.2) is 0 Å². The SMILES string of the molecule is OCC(CO)[N+]1(c2ccccc2)C=CC=N1. The zero-order valence-electron chi connectivity index (χ0n) is 8.90. The van der Waals surface area contributed by atoms with E-state index >= 15 is 0 Å². The van der Waals surface area contributed by atoms with Crippen LogP contribution in [0.15, 0.2) is 47.7 Å². The first-order valence-corrected chi connectivity index (χ1v) is 5.22. The molecule has 1 unspecified atom stereocenters. The van der Waals surface area contributed by atoms with Gasteiger partial charge in [-0.3, -0.25) is 0 Å². The second-order valence-electron chi connectivity index (χ2n) is 3.70. The molecule has 4 heteroatoms. The third-order valence-electron chi connectivity index (χ3n) is 2.81. The van der Waals surface area contributed by atoms with Crippen molar-refractivity contribution in [3.8, 4) is 0 Å². The first kappa shape index (κ1) is 11.0. The first-order chi connectivity index (χ1) is 7.83. The summed E-state index contributed by atoms with van der Waals surface area (Å²) in [6, 6.07) is 9.27. The zero-order valence-corrected chi connectivity index (χ0v) is 8.90. The highest BCUT2D eigenvalue weighted by atomic mass is 16.3. The number of quaternary nitrogens is 1. The zero-order chi connectivity index (χ0) is 11.4. The Morgan fingerprint density at radius 3 is 2.31 bits per heavy atom. The van der Waals surface area contributed by atoms with Crippen molar-refractivity contribution in [1.82, 2.24) is 4.59 Å². The number of para-hydroxylation sites is 1. The summed E-state index contributed by atoms with van der Waals surface area (Å²) in [6.45, 7) is -0.236. The molecule has 0 saturated carbocycles. The number of rotatable bonds is 4. The quantitative estimate of drug-likeness (QED) is 0.738. The lowest BCUT2D eigenvalue weighted by Crippen LogP contribution is -2.51. The van der Waals surface area contributed by atoms with Crippen LogP contribution in [0.2, 0.25) is 0 Å². The van der Waals surface area contributed by atoms with Crippen molar-refractivity contribution in [2.24, 2.45) is 5.10 Å². The minimum Gasteiger partial charge on any atom is -0.390 e. The fourth-order valence-corrected chi connectivity index (χ4v) is 1.91. The molecular weight excluding hydrogens is 204 g/mol. The maximum Gasteiger partial charge on any atom is 0.169 e. The Labute approximate surface area is 94.3 Å². The molecule has 0 radical (unpaired) electrons. The number of aliphatic hydroxyl groups excluding tert-OH is 2. The molecule has 1 heterocycles. The van der Waals surface area contributed by atoms with Crippen molar-refractivity contribution >= 4 is 11.9 Å². The Morgan fingerprint density at radius 1 is 1.12 bits per heavy atom. The fraction of sp³-hybridized carbons (Fsp3) is 0.250. The third-order valence-corrected chi connectivity index (χ3v) is 2.81. The molecule has 0 spiro atoms. The smallest absolute Gasteiger partial charge is 0.169 e. The Bertz CT molecular complexity index is 385. The topological polar surface area (TPSA) is 52.8 Å². The van der Waals surface area contributed by atoms with E-state index in [1.807, 2.05) is 42.6 Å². The van der Waals surface area contributed by atoms with Gasteiger partial charge in [0.25, 0.3) is 0 Å². The molecule has 16 heavy (non-hydrogen) atoms. The lowest BCUT2D eigenvalue weighted by Gasteiger charge is -2.31. The van der Waals surface area contributed by atoms with Crippen molar-refractivity contribution in [1.29, 1.82) is 0 Å². The number of aliphatic hydroxyl groups is 2. The van der Waals surface area contributed by atoms with Crippen LogP contribution < -0.4 is 4.59 Å². The summed E-state index contributed by atoms with van der Waals surface area (Å²) in [5, 5.41) is 23.0. The van der Waals surface area contributed by atoms with E-state index in [1.54, 1.807) is 6.21 Å². The van der Waals surface area contributed by atoms with Crippen molar-refractivity contribution in [3.05, 3.63) is 42.6 Å². The van der Waals surface area contributed by atoms with E-state index in [-0.39, 0.29) is 23.8 Å². The van der Waals surface area contributed by atoms with Crippen LogP contribution in [0.3, 0.4) is 0 Å². The maximum absolute atomic E-state index is 9.33. The van der Waals surface area contributed by atoms with Crippen molar-refractivity contribution in [3.63, 3.8) is 0 Å². The molecule has 1 aromatic rings. The van der Waals surface area contributed by atoms with Gasteiger partial charge in [0.2, 0.25) is 0 Å². The van der Waals surface area contributed by atoms with Gasteiger partial charge in [0.1, 0.15) is 19.4 Å². The van der Waals surface area contributed by atoms with Crippen molar-refractivity contribution < 1.29 is 10.2 Å². The summed E-state index contributed by atoms with van der Waals surface area (Å²) in [4.78, 5) is 0. The Kier molecular flexibility index (Phi) is 3.14. The van der Waals surface area contributed by atoms with E-state index in [2.05, 4.69) is 5.10 Å². The molecule has 0 amide bonds. The minimum absolute atomic E-state index is 0.118. The van der Waals surface area contributed by atoms with Crippen LogP contribution in [-0.4, -0.2) is 35.7 Å². The highest BCUT2D eigenvalue weighted by Crippen LogP contribution is 2.29. The summed E-state index contributed by atoms with van der Waals surface area (Å²) in [5.74, 6) is 0. The highest BCUT2D eigenvalue weighted by molar-refractivity contribution is 5.75. The van der Waals surface area contributed by atoms with Gasteiger partial charge in [-0.05, 0) is 0 Å². The fourth-order valence-electron chi connectivity index (χ4n) is 1.91. The van der Waals surface area contributed by atoms with Crippen LogP contribution in [-0.2, 0) is 0 Å². The number of nitrogens with zero attached hydrogens (tertiary/aromatic N) is 2. The second kappa shape index (κ2) is 4.57. The first-order valence-electron chi connectivity index (χ1n) is 5.22. The average molecular weight is 219 g/mol. The van der Waals surface area contributed by atoms with Gasteiger partial charge in [0.05, 0.1) is 6.21 Å². The minimum atomic E-state index is -0.364. The molecular formula is C12H15N2O2+. The summed E-state index contributed by atoms with van der Waals surface area (Å²) in [5.41, 5.74) is 0.931. The molecule has 0 fully saturated rings. The molecule has 0 aliphatic carbocycles. The van der Waals surface area contributed by atoms with Gasteiger partial charge >= 0.3 is 0 Å². The average Bonchev–Trinajstić information content (AvgIpc) is 2.82.